The number of aryl methyl sites for hydroxylation is 1. The van der Waals surface area contributed by atoms with Gasteiger partial charge >= 0.3 is 0 Å². The molecule has 0 radical (unpaired) electrons. The number of amides is 2. The van der Waals surface area contributed by atoms with E-state index < -0.39 is 11.7 Å². The minimum atomic E-state index is -0.431. The molecule has 0 fully saturated rings. The van der Waals surface area contributed by atoms with Crippen molar-refractivity contribution in [3.8, 4) is 11.3 Å². The van der Waals surface area contributed by atoms with Gasteiger partial charge in [-0.1, -0.05) is 24.3 Å². The van der Waals surface area contributed by atoms with Crippen LogP contribution in [0.15, 0.2) is 73.1 Å². The van der Waals surface area contributed by atoms with Crippen LogP contribution in [0.4, 0.5) is 4.39 Å². The minimum Gasteiger partial charge on any atom is -0.350 e. The van der Waals surface area contributed by atoms with E-state index in [1.807, 2.05) is 36.4 Å². The summed E-state index contributed by atoms with van der Waals surface area (Å²) in [5.41, 5.74) is 3.36. The maximum absolute atomic E-state index is 13.7. The highest BCUT2D eigenvalue weighted by Crippen LogP contribution is 2.24. The topological polar surface area (TPSA) is 84.0 Å². The second-order valence-corrected chi connectivity index (χ2v) is 7.29. The first-order valence-electron chi connectivity index (χ1n) is 10.2. The Morgan fingerprint density at radius 2 is 1.72 bits per heavy atom. The molecule has 6 nitrogen and oxygen atoms in total. The van der Waals surface area contributed by atoms with E-state index in [2.05, 4.69) is 20.6 Å². The molecule has 0 saturated heterocycles. The van der Waals surface area contributed by atoms with Crippen LogP contribution in [-0.2, 0) is 0 Å². The zero-order valence-corrected chi connectivity index (χ0v) is 17.4. The predicted molar refractivity (Wildman–Crippen MR) is 121 cm³/mol. The van der Waals surface area contributed by atoms with Crippen molar-refractivity contribution in [2.75, 3.05) is 13.1 Å². The fourth-order valence-electron chi connectivity index (χ4n) is 3.31. The van der Waals surface area contributed by atoms with Gasteiger partial charge in [-0.25, -0.2) is 9.37 Å². The van der Waals surface area contributed by atoms with Crippen molar-refractivity contribution >= 4 is 22.7 Å². The average molecular weight is 428 g/mol. The molecule has 0 aliphatic rings. The number of carbonyl (C=O) groups excluding carboxylic acids is 2. The summed E-state index contributed by atoms with van der Waals surface area (Å²) in [7, 11) is 0. The molecule has 0 aliphatic heterocycles. The SMILES string of the molecule is Cc1ccc(C(=O)NCCNC(=O)c2cc(-c3cccnc3)nc3ccccc23)cc1F. The molecule has 7 heteroatoms. The van der Waals surface area contributed by atoms with Gasteiger partial charge in [0.15, 0.2) is 0 Å². The number of aromatic nitrogens is 2. The Hall–Kier alpha value is -4.13. The summed E-state index contributed by atoms with van der Waals surface area (Å²) in [5, 5.41) is 6.25. The molecule has 2 aromatic carbocycles. The number of nitrogens with zero attached hydrogens (tertiary/aromatic N) is 2. The Morgan fingerprint density at radius 1 is 0.938 bits per heavy atom. The van der Waals surface area contributed by atoms with Gasteiger partial charge in [0.25, 0.3) is 11.8 Å². The van der Waals surface area contributed by atoms with Crippen LogP contribution < -0.4 is 10.6 Å². The Labute approximate surface area is 184 Å². The molecule has 2 amide bonds. The number of para-hydroxylation sites is 1. The summed E-state index contributed by atoms with van der Waals surface area (Å²) in [4.78, 5) is 33.9. The maximum Gasteiger partial charge on any atom is 0.252 e. The summed E-state index contributed by atoms with van der Waals surface area (Å²) in [6.07, 6.45) is 3.37. The van der Waals surface area contributed by atoms with Crippen LogP contribution in [-0.4, -0.2) is 34.9 Å². The second-order valence-electron chi connectivity index (χ2n) is 7.29. The number of nitrogens with one attached hydrogen (secondary N) is 2. The normalized spacial score (nSPS) is 10.7. The molecule has 32 heavy (non-hydrogen) atoms. The van der Waals surface area contributed by atoms with Crippen LogP contribution >= 0.6 is 0 Å². The lowest BCUT2D eigenvalue weighted by atomic mass is 10.0. The van der Waals surface area contributed by atoms with Gasteiger partial charge in [-0.15, -0.1) is 0 Å². The molecule has 2 aromatic heterocycles. The highest BCUT2D eigenvalue weighted by Gasteiger charge is 2.14. The number of pyridine rings is 2. The number of hydrogen-bond acceptors (Lipinski definition) is 4. The van der Waals surface area contributed by atoms with Gasteiger partial charge in [0.1, 0.15) is 5.82 Å². The van der Waals surface area contributed by atoms with E-state index in [0.29, 0.717) is 22.3 Å². The maximum atomic E-state index is 13.7. The fraction of sp³-hybridized carbons (Fsp3) is 0.120. The third-order valence-electron chi connectivity index (χ3n) is 5.05. The van der Waals surface area contributed by atoms with Gasteiger partial charge in [-0.05, 0) is 48.9 Å². The predicted octanol–water partition coefficient (Wildman–Crippen LogP) is 3.90. The van der Waals surface area contributed by atoms with Crippen LogP contribution in [0.2, 0.25) is 0 Å². The Bertz CT molecular complexity index is 1290. The lowest BCUT2D eigenvalue weighted by molar-refractivity contribution is 0.0928. The lowest BCUT2D eigenvalue weighted by Gasteiger charge is -2.11. The van der Waals surface area contributed by atoms with Crippen molar-refractivity contribution in [3.63, 3.8) is 0 Å². The summed E-state index contributed by atoms with van der Waals surface area (Å²) in [6.45, 7) is 2.06. The van der Waals surface area contributed by atoms with Crippen LogP contribution in [0.25, 0.3) is 22.2 Å². The van der Waals surface area contributed by atoms with Crippen molar-refractivity contribution in [2.24, 2.45) is 0 Å². The molecule has 0 unspecified atom stereocenters. The molecule has 160 valence electrons. The third-order valence-corrected chi connectivity index (χ3v) is 5.05. The van der Waals surface area contributed by atoms with Gasteiger partial charge in [0.2, 0.25) is 0 Å². The van der Waals surface area contributed by atoms with E-state index in [-0.39, 0.29) is 24.6 Å². The number of carbonyl (C=O) groups is 2. The van der Waals surface area contributed by atoms with Crippen LogP contribution in [0.5, 0.6) is 0 Å². The van der Waals surface area contributed by atoms with Gasteiger partial charge < -0.3 is 10.6 Å². The van der Waals surface area contributed by atoms with E-state index >= 15 is 0 Å². The molecule has 0 atom stereocenters. The number of fused-ring (bicyclic) bond motifs is 1. The zero-order chi connectivity index (χ0) is 22.5. The molecule has 4 aromatic rings. The minimum absolute atomic E-state index is 0.207. The first-order valence-corrected chi connectivity index (χ1v) is 10.2. The van der Waals surface area contributed by atoms with E-state index in [1.165, 1.54) is 6.07 Å². The van der Waals surface area contributed by atoms with E-state index in [1.54, 1.807) is 37.5 Å². The third kappa shape index (κ3) is 4.62. The Balaban J connectivity index is 1.45. The number of halogens is 1. The van der Waals surface area contributed by atoms with Gasteiger partial charge in [0.05, 0.1) is 16.8 Å². The van der Waals surface area contributed by atoms with Crippen molar-refractivity contribution < 1.29 is 14.0 Å². The van der Waals surface area contributed by atoms with Crippen molar-refractivity contribution in [2.45, 2.75) is 6.92 Å². The summed E-state index contributed by atoms with van der Waals surface area (Å²) in [5.74, 6) is -1.10. The molecule has 4 rings (SSSR count). The second kappa shape index (κ2) is 9.34. The zero-order valence-electron chi connectivity index (χ0n) is 17.4. The molecule has 0 aliphatic carbocycles. The number of hydrogen-bond donors (Lipinski definition) is 2. The first-order chi connectivity index (χ1) is 15.5. The highest BCUT2D eigenvalue weighted by atomic mass is 19.1. The summed E-state index contributed by atoms with van der Waals surface area (Å²) in [6, 6.07) is 17.2. The molecule has 0 spiro atoms. The first kappa shape index (κ1) is 21.1. The molecular formula is C25H21FN4O2. The van der Waals surface area contributed by atoms with Gasteiger partial charge in [-0.2, -0.15) is 0 Å². The van der Waals surface area contributed by atoms with Crippen molar-refractivity contribution in [3.05, 3.63) is 95.6 Å². The standard InChI is InChI=1S/C25H21FN4O2/c1-16-8-9-17(13-21(16)26)24(31)28-11-12-29-25(32)20-14-23(18-5-4-10-27-15-18)30-22-7-3-2-6-19(20)22/h2-10,13-15H,11-12H2,1H3,(H,28,31)(H,29,32). The van der Waals surface area contributed by atoms with Crippen molar-refractivity contribution in [1.29, 1.82) is 0 Å². The quantitative estimate of drug-likeness (QED) is 0.456. The van der Waals surface area contributed by atoms with Crippen LogP contribution in [0.3, 0.4) is 0 Å². The lowest BCUT2D eigenvalue weighted by Crippen LogP contribution is -2.34. The van der Waals surface area contributed by atoms with Crippen molar-refractivity contribution in [1.82, 2.24) is 20.6 Å². The van der Waals surface area contributed by atoms with E-state index in [0.717, 1.165) is 10.9 Å². The summed E-state index contributed by atoms with van der Waals surface area (Å²) >= 11 is 0. The molecular weight excluding hydrogens is 407 g/mol. The van der Waals surface area contributed by atoms with Gasteiger partial charge in [-0.3, -0.25) is 14.6 Å². The monoisotopic (exact) mass is 428 g/mol. The van der Waals surface area contributed by atoms with Crippen LogP contribution in [0.1, 0.15) is 26.3 Å². The smallest absolute Gasteiger partial charge is 0.252 e. The molecule has 0 bridgehead atoms. The average Bonchev–Trinajstić information content (AvgIpc) is 2.83. The fourth-order valence-corrected chi connectivity index (χ4v) is 3.31. The van der Waals surface area contributed by atoms with Crippen LogP contribution in [0, 0.1) is 12.7 Å². The van der Waals surface area contributed by atoms with Gasteiger partial charge in [0, 0.05) is 42.0 Å². The Kier molecular flexibility index (Phi) is 6.17. The Morgan fingerprint density at radius 3 is 2.47 bits per heavy atom. The number of rotatable bonds is 6. The largest absolute Gasteiger partial charge is 0.350 e. The molecule has 2 N–H and O–H groups in total. The van der Waals surface area contributed by atoms with E-state index in [9.17, 15) is 14.0 Å². The molecule has 0 saturated carbocycles. The van der Waals surface area contributed by atoms with E-state index in [4.69, 9.17) is 0 Å². The highest BCUT2D eigenvalue weighted by molar-refractivity contribution is 6.07. The molecule has 2 heterocycles. The number of benzene rings is 2. The summed E-state index contributed by atoms with van der Waals surface area (Å²) < 4.78 is 13.7.